The summed E-state index contributed by atoms with van der Waals surface area (Å²) in [6.45, 7) is 2.90. The van der Waals surface area contributed by atoms with E-state index in [1.54, 1.807) is 6.92 Å². The maximum Gasteiger partial charge on any atom is 0.305 e. The molecule has 0 aliphatic heterocycles. The third-order valence-electron chi connectivity index (χ3n) is 2.80. The quantitative estimate of drug-likeness (QED) is 0.676. The number of aromatic amines is 1. The lowest BCUT2D eigenvalue weighted by atomic mass is 10.3. The number of hydrogen-bond acceptors (Lipinski definition) is 3. The summed E-state index contributed by atoms with van der Waals surface area (Å²) >= 11 is 11.2. The third kappa shape index (κ3) is 3.36. The van der Waals surface area contributed by atoms with E-state index in [1.807, 2.05) is 22.8 Å². The normalized spacial score (nSPS) is 10.8. The van der Waals surface area contributed by atoms with Crippen LogP contribution in [0.2, 0.25) is 5.02 Å². The van der Waals surface area contributed by atoms with Gasteiger partial charge in [0, 0.05) is 18.0 Å². The van der Waals surface area contributed by atoms with Crippen molar-refractivity contribution in [3.8, 4) is 0 Å². The van der Waals surface area contributed by atoms with Crippen LogP contribution in [0.3, 0.4) is 0 Å². The van der Waals surface area contributed by atoms with E-state index in [2.05, 4.69) is 4.98 Å². The van der Waals surface area contributed by atoms with Crippen LogP contribution in [0.25, 0.3) is 11.0 Å². The van der Waals surface area contributed by atoms with Crippen molar-refractivity contribution in [1.82, 2.24) is 9.55 Å². The average Bonchev–Trinajstić information content (AvgIpc) is 2.65. The van der Waals surface area contributed by atoms with E-state index in [9.17, 15) is 4.79 Å². The minimum Gasteiger partial charge on any atom is -0.466 e. The van der Waals surface area contributed by atoms with Gasteiger partial charge in [-0.25, -0.2) is 0 Å². The summed E-state index contributed by atoms with van der Waals surface area (Å²) in [6.07, 6.45) is 1.10. The van der Waals surface area contributed by atoms with Gasteiger partial charge < -0.3 is 14.3 Å². The van der Waals surface area contributed by atoms with Crippen LogP contribution in [0.15, 0.2) is 18.2 Å². The predicted octanol–water partition coefficient (Wildman–Crippen LogP) is 3.70. The van der Waals surface area contributed by atoms with Crippen LogP contribution in [-0.4, -0.2) is 22.1 Å². The Bertz CT molecular complexity index is 648. The maximum atomic E-state index is 11.3. The van der Waals surface area contributed by atoms with Gasteiger partial charge in [-0.2, -0.15) is 0 Å². The molecule has 0 saturated carbocycles. The number of aryl methyl sites for hydroxylation is 1. The lowest BCUT2D eigenvalue weighted by Gasteiger charge is -2.04. The van der Waals surface area contributed by atoms with Crippen molar-refractivity contribution < 1.29 is 9.53 Å². The number of fused-ring (bicyclic) bond motifs is 1. The number of imidazole rings is 1. The van der Waals surface area contributed by atoms with Crippen LogP contribution in [-0.2, 0) is 16.1 Å². The second-order valence-corrected chi connectivity index (χ2v) is 4.97. The number of esters is 1. The van der Waals surface area contributed by atoms with Crippen molar-refractivity contribution in [3.63, 3.8) is 0 Å². The summed E-state index contributed by atoms with van der Waals surface area (Å²) in [6, 6.07) is 5.59. The summed E-state index contributed by atoms with van der Waals surface area (Å²) in [5, 5.41) is 0.669. The molecule has 1 aromatic heterocycles. The molecule has 1 heterocycles. The first kappa shape index (κ1) is 14.1. The van der Waals surface area contributed by atoms with Gasteiger partial charge in [0.25, 0.3) is 0 Å². The smallest absolute Gasteiger partial charge is 0.305 e. The molecule has 0 aliphatic rings. The molecule has 0 fully saturated rings. The monoisotopic (exact) mass is 298 g/mol. The highest BCUT2D eigenvalue weighted by Gasteiger charge is 2.06. The van der Waals surface area contributed by atoms with Crippen LogP contribution >= 0.6 is 23.8 Å². The Morgan fingerprint density at radius 3 is 3.05 bits per heavy atom. The molecule has 4 nitrogen and oxygen atoms in total. The molecule has 0 saturated heterocycles. The molecule has 0 amide bonds. The van der Waals surface area contributed by atoms with Crippen molar-refractivity contribution in [1.29, 1.82) is 0 Å². The molecule has 1 N–H and O–H groups in total. The Morgan fingerprint density at radius 1 is 1.53 bits per heavy atom. The average molecular weight is 299 g/mol. The largest absolute Gasteiger partial charge is 0.466 e. The van der Waals surface area contributed by atoms with Crippen LogP contribution in [0, 0.1) is 4.77 Å². The number of carbonyl (C=O) groups is 1. The number of aromatic nitrogens is 2. The number of halogens is 1. The van der Waals surface area contributed by atoms with E-state index >= 15 is 0 Å². The van der Waals surface area contributed by atoms with Gasteiger partial charge in [-0.05, 0) is 43.8 Å². The Morgan fingerprint density at radius 2 is 2.32 bits per heavy atom. The van der Waals surface area contributed by atoms with Crippen molar-refractivity contribution in [2.75, 3.05) is 6.61 Å². The van der Waals surface area contributed by atoms with E-state index < -0.39 is 0 Å². The number of nitrogens with zero attached hydrogens (tertiary/aromatic N) is 1. The molecular weight excluding hydrogens is 284 g/mol. The van der Waals surface area contributed by atoms with E-state index in [0.29, 0.717) is 35.8 Å². The highest BCUT2D eigenvalue weighted by molar-refractivity contribution is 7.71. The van der Waals surface area contributed by atoms with Crippen molar-refractivity contribution in [2.45, 2.75) is 26.3 Å². The number of hydrogen-bond donors (Lipinski definition) is 1. The number of H-pyrrole nitrogens is 1. The summed E-state index contributed by atoms with van der Waals surface area (Å²) < 4.78 is 7.51. The fraction of sp³-hybridized carbons (Fsp3) is 0.385. The molecule has 2 aromatic rings. The predicted molar refractivity (Wildman–Crippen MR) is 78.0 cm³/mol. The first-order valence-corrected chi connectivity index (χ1v) is 6.94. The SMILES string of the molecule is CCOC(=O)CCCn1c(=S)[nH]c2cc(Cl)ccc21. The summed E-state index contributed by atoms with van der Waals surface area (Å²) in [5.41, 5.74) is 1.91. The molecule has 2 rings (SSSR count). The summed E-state index contributed by atoms with van der Waals surface area (Å²) in [4.78, 5) is 14.4. The van der Waals surface area contributed by atoms with Crippen LogP contribution in [0.5, 0.6) is 0 Å². The third-order valence-corrected chi connectivity index (χ3v) is 3.36. The number of carbonyl (C=O) groups excluding carboxylic acids is 1. The van der Waals surface area contributed by atoms with Crippen molar-refractivity contribution in [3.05, 3.63) is 28.0 Å². The zero-order valence-corrected chi connectivity index (χ0v) is 12.2. The molecule has 1 aromatic carbocycles. The van der Waals surface area contributed by atoms with Gasteiger partial charge in [-0.1, -0.05) is 11.6 Å². The number of benzene rings is 1. The molecule has 19 heavy (non-hydrogen) atoms. The van der Waals surface area contributed by atoms with E-state index in [4.69, 9.17) is 28.6 Å². The number of nitrogens with one attached hydrogen (secondary N) is 1. The fourth-order valence-electron chi connectivity index (χ4n) is 1.97. The zero-order chi connectivity index (χ0) is 13.8. The molecule has 102 valence electrons. The Hall–Kier alpha value is -1.33. The number of ether oxygens (including phenoxy) is 1. The second-order valence-electron chi connectivity index (χ2n) is 4.15. The fourth-order valence-corrected chi connectivity index (χ4v) is 2.44. The van der Waals surface area contributed by atoms with Crippen molar-refractivity contribution >= 4 is 40.8 Å². The minimum absolute atomic E-state index is 0.170. The number of rotatable bonds is 5. The van der Waals surface area contributed by atoms with Crippen LogP contribution < -0.4 is 0 Å². The maximum absolute atomic E-state index is 11.3. The van der Waals surface area contributed by atoms with Crippen LogP contribution in [0.1, 0.15) is 19.8 Å². The molecule has 0 atom stereocenters. The van der Waals surface area contributed by atoms with Gasteiger partial charge >= 0.3 is 5.97 Å². The molecule has 0 spiro atoms. The van der Waals surface area contributed by atoms with Gasteiger partial charge in [0.2, 0.25) is 0 Å². The minimum atomic E-state index is -0.170. The van der Waals surface area contributed by atoms with Gasteiger partial charge in [0.05, 0.1) is 17.6 Å². The molecule has 0 aliphatic carbocycles. The molecule has 0 unspecified atom stereocenters. The van der Waals surface area contributed by atoms with Gasteiger partial charge in [-0.3, -0.25) is 4.79 Å². The Kier molecular flexibility index (Phi) is 4.61. The summed E-state index contributed by atoms with van der Waals surface area (Å²) in [5.74, 6) is -0.170. The lowest BCUT2D eigenvalue weighted by molar-refractivity contribution is -0.143. The first-order valence-electron chi connectivity index (χ1n) is 6.15. The molecular formula is C13H15ClN2O2S. The second kappa shape index (κ2) is 6.21. The van der Waals surface area contributed by atoms with Crippen molar-refractivity contribution in [2.24, 2.45) is 0 Å². The zero-order valence-electron chi connectivity index (χ0n) is 10.6. The van der Waals surface area contributed by atoms with Gasteiger partial charge in [-0.15, -0.1) is 0 Å². The molecule has 0 radical (unpaired) electrons. The molecule has 6 heteroatoms. The van der Waals surface area contributed by atoms with Crippen LogP contribution in [0.4, 0.5) is 0 Å². The Labute approximate surface area is 121 Å². The highest BCUT2D eigenvalue weighted by atomic mass is 35.5. The van der Waals surface area contributed by atoms with E-state index in [1.165, 1.54) is 0 Å². The highest BCUT2D eigenvalue weighted by Crippen LogP contribution is 2.19. The molecule has 0 bridgehead atoms. The van der Waals surface area contributed by atoms with E-state index in [-0.39, 0.29) is 5.97 Å². The van der Waals surface area contributed by atoms with Gasteiger partial charge in [0.15, 0.2) is 4.77 Å². The standard InChI is InChI=1S/C13H15ClN2O2S/c1-2-18-12(17)4-3-7-16-11-6-5-9(14)8-10(11)15-13(16)19/h5-6,8H,2-4,7H2,1H3,(H,15,19). The Balaban J connectivity index is 2.10. The van der Waals surface area contributed by atoms with E-state index in [0.717, 1.165) is 11.0 Å². The van der Waals surface area contributed by atoms with Gasteiger partial charge in [0.1, 0.15) is 0 Å². The topological polar surface area (TPSA) is 47.0 Å². The first-order chi connectivity index (χ1) is 9.11. The lowest BCUT2D eigenvalue weighted by Crippen LogP contribution is -2.06. The summed E-state index contributed by atoms with van der Waals surface area (Å²) in [7, 11) is 0.